The molecule has 0 saturated heterocycles. The highest BCUT2D eigenvalue weighted by atomic mass is 35.5. The van der Waals surface area contributed by atoms with Crippen molar-refractivity contribution >= 4 is 34.3 Å². The molecule has 0 amide bonds. The van der Waals surface area contributed by atoms with Gasteiger partial charge in [0.05, 0.1) is 30.6 Å². The number of ether oxygens (including phenoxy) is 1. The summed E-state index contributed by atoms with van der Waals surface area (Å²) in [5.74, 6) is -0.273. The number of rotatable bonds is 8. The smallest absolute Gasteiger partial charge is 0.329 e. The van der Waals surface area contributed by atoms with Crippen LogP contribution in [0.3, 0.4) is 0 Å². The van der Waals surface area contributed by atoms with Crippen molar-refractivity contribution in [1.82, 2.24) is 9.13 Å². The molecule has 4 rings (SSSR count). The van der Waals surface area contributed by atoms with E-state index in [1.54, 1.807) is 11.5 Å². The Morgan fingerprint density at radius 3 is 2.66 bits per heavy atom. The van der Waals surface area contributed by atoms with E-state index in [2.05, 4.69) is 18.9 Å². The standard InChI is InChI=1S/C25H30ClN3O3/c1-4-8-19(15-24(30)32-5-2)29-22-10-7-6-9-21(22)28(25(29)31)16-17-13-18(26)14-23-20(17)11-12-27(23)3/h6-7,9-10,13-14,19H,4-5,8,11-12,15-16H2,1-3H3. The number of likely N-dealkylation sites (N-methyl/N-ethyl adjacent to an activating group) is 1. The van der Waals surface area contributed by atoms with Gasteiger partial charge in [0.15, 0.2) is 0 Å². The lowest BCUT2D eigenvalue weighted by atomic mass is 10.0. The number of benzene rings is 2. The van der Waals surface area contributed by atoms with Crippen molar-refractivity contribution < 1.29 is 9.53 Å². The number of carbonyl (C=O) groups excluding carboxylic acids is 1. The van der Waals surface area contributed by atoms with Crippen LogP contribution in [0, 0.1) is 0 Å². The lowest BCUT2D eigenvalue weighted by Crippen LogP contribution is -2.29. The van der Waals surface area contributed by atoms with Gasteiger partial charge in [-0.1, -0.05) is 37.1 Å². The van der Waals surface area contributed by atoms with Crippen molar-refractivity contribution in [3.63, 3.8) is 0 Å². The highest BCUT2D eigenvalue weighted by Gasteiger charge is 2.25. The van der Waals surface area contributed by atoms with Crippen LogP contribution >= 0.6 is 11.6 Å². The van der Waals surface area contributed by atoms with Gasteiger partial charge in [-0.2, -0.15) is 0 Å². The van der Waals surface area contributed by atoms with Crippen LogP contribution in [0.1, 0.15) is 50.3 Å². The monoisotopic (exact) mass is 455 g/mol. The summed E-state index contributed by atoms with van der Waals surface area (Å²) in [7, 11) is 2.06. The molecule has 1 aliphatic heterocycles. The molecule has 1 atom stereocenters. The minimum atomic E-state index is -0.273. The molecule has 1 unspecified atom stereocenters. The Morgan fingerprint density at radius 2 is 1.94 bits per heavy atom. The van der Waals surface area contributed by atoms with E-state index in [1.165, 1.54) is 5.56 Å². The molecule has 7 heteroatoms. The number of carbonyl (C=O) groups is 1. The van der Waals surface area contributed by atoms with E-state index in [4.69, 9.17) is 16.3 Å². The number of anilines is 1. The molecule has 0 aliphatic carbocycles. The first-order chi connectivity index (χ1) is 15.4. The van der Waals surface area contributed by atoms with E-state index in [1.807, 2.05) is 41.0 Å². The van der Waals surface area contributed by atoms with Crippen LogP contribution in [0.25, 0.3) is 11.0 Å². The van der Waals surface area contributed by atoms with Crippen LogP contribution in [0.4, 0.5) is 5.69 Å². The lowest BCUT2D eigenvalue weighted by molar-refractivity contribution is -0.144. The molecule has 170 valence electrons. The molecule has 0 spiro atoms. The first-order valence-electron chi connectivity index (χ1n) is 11.3. The molecule has 0 bridgehead atoms. The van der Waals surface area contributed by atoms with Gasteiger partial charge in [0.25, 0.3) is 0 Å². The predicted molar refractivity (Wildman–Crippen MR) is 129 cm³/mol. The largest absolute Gasteiger partial charge is 0.466 e. The maximum absolute atomic E-state index is 13.7. The Kier molecular flexibility index (Phi) is 6.60. The quantitative estimate of drug-likeness (QED) is 0.458. The summed E-state index contributed by atoms with van der Waals surface area (Å²) in [5, 5.41) is 0.676. The van der Waals surface area contributed by atoms with Gasteiger partial charge in [0, 0.05) is 30.3 Å². The molecule has 6 nitrogen and oxygen atoms in total. The normalized spacial score (nSPS) is 14.1. The van der Waals surface area contributed by atoms with E-state index < -0.39 is 0 Å². The zero-order valence-electron chi connectivity index (χ0n) is 18.9. The number of hydrogen-bond donors (Lipinski definition) is 0. The molecule has 0 radical (unpaired) electrons. The van der Waals surface area contributed by atoms with Gasteiger partial charge in [0.2, 0.25) is 0 Å². The van der Waals surface area contributed by atoms with Gasteiger partial charge in [-0.3, -0.25) is 13.9 Å². The number of para-hydroxylation sites is 2. The van der Waals surface area contributed by atoms with Crippen LogP contribution in [0.5, 0.6) is 0 Å². The summed E-state index contributed by atoms with van der Waals surface area (Å²) in [5.41, 5.74) is 5.06. The minimum absolute atomic E-state index is 0.103. The highest BCUT2D eigenvalue weighted by molar-refractivity contribution is 6.31. The first kappa shape index (κ1) is 22.5. The average molecular weight is 456 g/mol. The lowest BCUT2D eigenvalue weighted by Gasteiger charge is -2.17. The molecule has 3 aromatic rings. The van der Waals surface area contributed by atoms with E-state index >= 15 is 0 Å². The third-order valence-corrected chi connectivity index (χ3v) is 6.50. The van der Waals surface area contributed by atoms with E-state index in [-0.39, 0.29) is 24.1 Å². The summed E-state index contributed by atoms with van der Waals surface area (Å²) in [6, 6.07) is 11.5. The molecule has 2 aromatic carbocycles. The number of hydrogen-bond acceptors (Lipinski definition) is 4. The van der Waals surface area contributed by atoms with Crippen molar-refractivity contribution in [2.24, 2.45) is 0 Å². The Bertz CT molecular complexity index is 1200. The molecule has 1 aliphatic rings. The van der Waals surface area contributed by atoms with Crippen LogP contribution in [-0.4, -0.2) is 35.3 Å². The van der Waals surface area contributed by atoms with Crippen LogP contribution in [0.15, 0.2) is 41.2 Å². The molecular weight excluding hydrogens is 426 g/mol. The third-order valence-electron chi connectivity index (χ3n) is 6.28. The van der Waals surface area contributed by atoms with Crippen molar-refractivity contribution in [2.75, 3.05) is 25.1 Å². The summed E-state index contributed by atoms with van der Waals surface area (Å²) in [4.78, 5) is 28.2. The maximum atomic E-state index is 13.7. The zero-order valence-corrected chi connectivity index (χ0v) is 19.7. The molecular formula is C25H30ClN3O3. The molecule has 1 aromatic heterocycles. The fourth-order valence-corrected chi connectivity index (χ4v) is 5.06. The van der Waals surface area contributed by atoms with Crippen LogP contribution < -0.4 is 10.6 Å². The number of esters is 1. The Balaban J connectivity index is 1.81. The zero-order chi connectivity index (χ0) is 22.8. The summed E-state index contributed by atoms with van der Waals surface area (Å²) in [6.45, 7) is 5.58. The molecule has 2 heterocycles. The number of fused-ring (bicyclic) bond motifs is 2. The van der Waals surface area contributed by atoms with E-state index in [0.717, 1.165) is 48.1 Å². The average Bonchev–Trinajstić information content (AvgIpc) is 3.26. The van der Waals surface area contributed by atoms with Crippen molar-refractivity contribution in [3.8, 4) is 0 Å². The minimum Gasteiger partial charge on any atom is -0.466 e. The van der Waals surface area contributed by atoms with Gasteiger partial charge in [-0.25, -0.2) is 4.79 Å². The van der Waals surface area contributed by atoms with Crippen LogP contribution in [-0.2, 0) is 22.5 Å². The highest BCUT2D eigenvalue weighted by Crippen LogP contribution is 2.34. The van der Waals surface area contributed by atoms with Gasteiger partial charge in [-0.15, -0.1) is 0 Å². The van der Waals surface area contributed by atoms with E-state index in [0.29, 0.717) is 18.2 Å². The molecule has 0 saturated carbocycles. The SMILES string of the molecule is CCCC(CC(=O)OCC)n1c(=O)n(Cc2cc(Cl)cc3c2CCN3C)c2ccccc21. The number of imidazole rings is 1. The summed E-state index contributed by atoms with van der Waals surface area (Å²) in [6.07, 6.45) is 2.72. The van der Waals surface area contributed by atoms with Gasteiger partial charge < -0.3 is 9.64 Å². The topological polar surface area (TPSA) is 56.5 Å². The molecule has 0 fully saturated rings. The predicted octanol–water partition coefficient (Wildman–Crippen LogP) is 4.79. The second-order valence-corrected chi connectivity index (χ2v) is 8.85. The maximum Gasteiger partial charge on any atom is 0.329 e. The fraction of sp³-hybridized carbons (Fsp3) is 0.440. The number of nitrogens with zero attached hydrogens (tertiary/aromatic N) is 3. The van der Waals surface area contributed by atoms with Gasteiger partial charge >= 0.3 is 11.7 Å². The Hall–Kier alpha value is -2.73. The Labute approximate surface area is 193 Å². The van der Waals surface area contributed by atoms with Crippen LogP contribution in [0.2, 0.25) is 5.02 Å². The van der Waals surface area contributed by atoms with Crippen molar-refractivity contribution in [3.05, 3.63) is 63.0 Å². The third kappa shape index (κ3) is 4.16. The molecule has 32 heavy (non-hydrogen) atoms. The summed E-state index contributed by atoms with van der Waals surface area (Å²) >= 11 is 6.43. The van der Waals surface area contributed by atoms with E-state index in [9.17, 15) is 9.59 Å². The Morgan fingerprint density at radius 1 is 1.19 bits per heavy atom. The fourth-order valence-electron chi connectivity index (χ4n) is 4.82. The number of aromatic nitrogens is 2. The number of halogens is 1. The van der Waals surface area contributed by atoms with Crippen molar-refractivity contribution in [1.29, 1.82) is 0 Å². The van der Waals surface area contributed by atoms with Gasteiger partial charge in [0.1, 0.15) is 0 Å². The second-order valence-electron chi connectivity index (χ2n) is 8.41. The summed E-state index contributed by atoms with van der Waals surface area (Å²) < 4.78 is 8.79. The second kappa shape index (κ2) is 9.41. The first-order valence-corrected chi connectivity index (χ1v) is 11.7. The van der Waals surface area contributed by atoms with Gasteiger partial charge in [-0.05, 0) is 55.2 Å². The van der Waals surface area contributed by atoms with Crippen molar-refractivity contribution in [2.45, 2.75) is 52.1 Å². The molecule has 0 N–H and O–H groups in total.